The van der Waals surface area contributed by atoms with Crippen molar-refractivity contribution in [2.45, 2.75) is 12.7 Å². The van der Waals surface area contributed by atoms with Crippen LogP contribution in [0.2, 0.25) is 0 Å². The number of phenols is 1. The fourth-order valence-corrected chi connectivity index (χ4v) is 2.11. The van der Waals surface area contributed by atoms with Crippen molar-refractivity contribution >= 4 is 11.3 Å². The molecule has 1 heterocycles. The van der Waals surface area contributed by atoms with Crippen molar-refractivity contribution in [3.63, 3.8) is 0 Å². The second-order valence-electron chi connectivity index (χ2n) is 3.54. The van der Waals surface area contributed by atoms with Gasteiger partial charge in [-0.2, -0.15) is 0 Å². The predicted octanol–water partition coefficient (Wildman–Crippen LogP) is 2.20. The van der Waals surface area contributed by atoms with Gasteiger partial charge in [-0.15, -0.1) is 11.3 Å². The van der Waals surface area contributed by atoms with Gasteiger partial charge in [0.15, 0.2) is 0 Å². The first-order valence-electron chi connectivity index (χ1n) is 5.06. The molecule has 0 bridgehead atoms. The van der Waals surface area contributed by atoms with Gasteiger partial charge in [-0.1, -0.05) is 18.2 Å². The molecule has 2 rings (SSSR count). The molecule has 0 aliphatic carbocycles. The average molecular weight is 234 g/mol. The SMILES string of the molecule is NC(NCc1ccc(O)cc1)c1cccs1. The Balaban J connectivity index is 1.90. The maximum atomic E-state index is 9.14. The van der Waals surface area contributed by atoms with E-state index in [2.05, 4.69) is 5.32 Å². The molecule has 2 aromatic rings. The van der Waals surface area contributed by atoms with Crippen LogP contribution in [0, 0.1) is 0 Å². The van der Waals surface area contributed by atoms with Crippen LogP contribution in [0.3, 0.4) is 0 Å². The fourth-order valence-electron chi connectivity index (χ4n) is 1.41. The minimum atomic E-state index is -0.131. The van der Waals surface area contributed by atoms with Gasteiger partial charge in [0.05, 0.1) is 6.17 Å². The molecule has 1 aromatic carbocycles. The van der Waals surface area contributed by atoms with E-state index in [0.717, 1.165) is 10.4 Å². The zero-order valence-electron chi connectivity index (χ0n) is 8.76. The summed E-state index contributed by atoms with van der Waals surface area (Å²) in [6, 6.07) is 11.1. The van der Waals surface area contributed by atoms with Crippen LogP contribution in [0.1, 0.15) is 16.6 Å². The Morgan fingerprint density at radius 3 is 2.62 bits per heavy atom. The Hall–Kier alpha value is -1.36. The quantitative estimate of drug-likeness (QED) is 0.711. The van der Waals surface area contributed by atoms with Gasteiger partial charge in [-0.25, -0.2) is 0 Å². The molecule has 0 aliphatic rings. The van der Waals surface area contributed by atoms with Crippen molar-refractivity contribution in [2.75, 3.05) is 0 Å². The highest BCUT2D eigenvalue weighted by Crippen LogP contribution is 2.15. The number of nitrogens with one attached hydrogen (secondary N) is 1. The highest BCUT2D eigenvalue weighted by Gasteiger charge is 2.05. The number of aromatic hydroxyl groups is 1. The van der Waals surface area contributed by atoms with Gasteiger partial charge >= 0.3 is 0 Å². The molecule has 0 saturated heterocycles. The number of thiophene rings is 1. The zero-order valence-corrected chi connectivity index (χ0v) is 9.58. The highest BCUT2D eigenvalue weighted by atomic mass is 32.1. The molecule has 0 amide bonds. The minimum Gasteiger partial charge on any atom is -0.508 e. The maximum Gasteiger partial charge on any atom is 0.115 e. The van der Waals surface area contributed by atoms with Crippen molar-refractivity contribution in [1.82, 2.24) is 5.32 Å². The summed E-state index contributed by atoms with van der Waals surface area (Å²) in [5, 5.41) is 14.4. The first-order chi connectivity index (χ1) is 7.75. The Bertz CT molecular complexity index is 425. The van der Waals surface area contributed by atoms with E-state index in [1.54, 1.807) is 23.5 Å². The maximum absolute atomic E-state index is 9.14. The monoisotopic (exact) mass is 234 g/mol. The number of rotatable bonds is 4. The van der Waals surface area contributed by atoms with Crippen molar-refractivity contribution in [3.05, 3.63) is 52.2 Å². The number of nitrogens with two attached hydrogens (primary N) is 1. The lowest BCUT2D eigenvalue weighted by molar-refractivity contribution is 0.474. The molecule has 84 valence electrons. The normalized spacial score (nSPS) is 12.6. The Labute approximate surface area is 98.5 Å². The lowest BCUT2D eigenvalue weighted by atomic mass is 10.2. The molecule has 4 N–H and O–H groups in total. The van der Waals surface area contributed by atoms with Crippen molar-refractivity contribution in [3.8, 4) is 5.75 Å². The topological polar surface area (TPSA) is 58.3 Å². The van der Waals surface area contributed by atoms with Gasteiger partial charge in [0.1, 0.15) is 5.75 Å². The van der Waals surface area contributed by atoms with Crippen LogP contribution in [0.4, 0.5) is 0 Å². The van der Waals surface area contributed by atoms with E-state index >= 15 is 0 Å². The van der Waals surface area contributed by atoms with Gasteiger partial charge in [0, 0.05) is 11.4 Å². The lowest BCUT2D eigenvalue weighted by Gasteiger charge is -2.11. The molecule has 16 heavy (non-hydrogen) atoms. The molecular formula is C12H14N2OS. The van der Waals surface area contributed by atoms with Crippen LogP contribution in [0.25, 0.3) is 0 Å². The van der Waals surface area contributed by atoms with E-state index in [-0.39, 0.29) is 11.9 Å². The molecule has 1 unspecified atom stereocenters. The molecule has 1 atom stereocenters. The standard InChI is InChI=1S/C12H14N2OS/c13-12(11-2-1-7-16-11)14-8-9-3-5-10(15)6-4-9/h1-7,12,14-15H,8,13H2. The van der Waals surface area contributed by atoms with E-state index in [0.29, 0.717) is 6.54 Å². The second-order valence-corrected chi connectivity index (χ2v) is 4.52. The molecule has 3 nitrogen and oxygen atoms in total. The fraction of sp³-hybridized carbons (Fsp3) is 0.167. The number of phenolic OH excluding ortho intramolecular Hbond substituents is 1. The largest absolute Gasteiger partial charge is 0.508 e. The smallest absolute Gasteiger partial charge is 0.115 e. The summed E-state index contributed by atoms with van der Waals surface area (Å²) in [7, 11) is 0. The van der Waals surface area contributed by atoms with Crippen molar-refractivity contribution in [2.24, 2.45) is 5.73 Å². The summed E-state index contributed by atoms with van der Waals surface area (Å²) < 4.78 is 0. The van der Waals surface area contributed by atoms with E-state index in [4.69, 9.17) is 10.8 Å². The third-order valence-electron chi connectivity index (χ3n) is 2.31. The van der Waals surface area contributed by atoms with Crippen LogP contribution in [0.5, 0.6) is 5.75 Å². The summed E-state index contributed by atoms with van der Waals surface area (Å²) in [5.74, 6) is 0.284. The summed E-state index contributed by atoms with van der Waals surface area (Å²) in [6.45, 7) is 0.694. The lowest BCUT2D eigenvalue weighted by Crippen LogP contribution is -2.27. The van der Waals surface area contributed by atoms with E-state index in [1.165, 1.54) is 0 Å². The van der Waals surface area contributed by atoms with Crippen LogP contribution < -0.4 is 11.1 Å². The molecule has 0 aliphatic heterocycles. The Morgan fingerprint density at radius 2 is 2.00 bits per heavy atom. The van der Waals surface area contributed by atoms with Gasteiger partial charge in [0.25, 0.3) is 0 Å². The van der Waals surface area contributed by atoms with Crippen molar-refractivity contribution < 1.29 is 5.11 Å². The third-order valence-corrected chi connectivity index (χ3v) is 3.27. The van der Waals surface area contributed by atoms with Gasteiger partial charge in [0.2, 0.25) is 0 Å². The Morgan fingerprint density at radius 1 is 1.25 bits per heavy atom. The van der Waals surface area contributed by atoms with E-state index in [1.807, 2.05) is 29.6 Å². The van der Waals surface area contributed by atoms with Gasteiger partial charge < -0.3 is 10.8 Å². The van der Waals surface area contributed by atoms with E-state index < -0.39 is 0 Å². The molecule has 1 aromatic heterocycles. The number of benzene rings is 1. The van der Waals surface area contributed by atoms with Gasteiger partial charge in [-0.3, -0.25) is 5.32 Å². The highest BCUT2D eigenvalue weighted by molar-refractivity contribution is 7.10. The molecule has 0 spiro atoms. The average Bonchev–Trinajstić information content (AvgIpc) is 2.81. The summed E-state index contributed by atoms with van der Waals surface area (Å²) in [6.07, 6.45) is -0.131. The van der Waals surface area contributed by atoms with Crippen LogP contribution in [0.15, 0.2) is 41.8 Å². The predicted molar refractivity (Wildman–Crippen MR) is 66.2 cm³/mol. The minimum absolute atomic E-state index is 0.131. The first kappa shape index (κ1) is 11.1. The molecule has 4 heteroatoms. The van der Waals surface area contributed by atoms with Crippen molar-refractivity contribution in [1.29, 1.82) is 0 Å². The summed E-state index contributed by atoms with van der Waals surface area (Å²) >= 11 is 1.64. The second kappa shape index (κ2) is 5.12. The zero-order chi connectivity index (χ0) is 11.4. The molecular weight excluding hydrogens is 220 g/mol. The van der Waals surface area contributed by atoms with Crippen LogP contribution in [-0.2, 0) is 6.54 Å². The van der Waals surface area contributed by atoms with Crippen LogP contribution >= 0.6 is 11.3 Å². The summed E-state index contributed by atoms with van der Waals surface area (Å²) in [5.41, 5.74) is 7.07. The summed E-state index contributed by atoms with van der Waals surface area (Å²) in [4.78, 5) is 1.12. The first-order valence-corrected chi connectivity index (χ1v) is 5.94. The number of hydrogen-bond acceptors (Lipinski definition) is 4. The molecule has 0 saturated carbocycles. The Kier molecular flexibility index (Phi) is 3.56. The molecule has 0 fully saturated rings. The van der Waals surface area contributed by atoms with Crippen LogP contribution in [-0.4, -0.2) is 5.11 Å². The van der Waals surface area contributed by atoms with Gasteiger partial charge in [-0.05, 0) is 29.1 Å². The van der Waals surface area contributed by atoms with E-state index in [9.17, 15) is 0 Å². The third kappa shape index (κ3) is 2.82. The number of hydrogen-bond donors (Lipinski definition) is 3. The molecule has 0 radical (unpaired) electrons.